The van der Waals surface area contributed by atoms with Crippen molar-refractivity contribution in [3.63, 3.8) is 0 Å². The standard InChI is InChI=1S/C22H25N3O5/c1-25(16-8-3-2-4-9-16)13-7-12-23-20(26)15-29-21(27)14-19-22(28)24-17-10-5-6-11-18(17)30-19/h2-6,8-11,19H,7,12-15H2,1H3,(H,23,26)(H,24,28)/t19-/m1/s1. The van der Waals surface area contributed by atoms with Crippen LogP contribution in [-0.2, 0) is 19.1 Å². The van der Waals surface area contributed by atoms with E-state index >= 15 is 0 Å². The smallest absolute Gasteiger partial charge is 0.310 e. The first-order valence-corrected chi connectivity index (χ1v) is 9.78. The number of ether oxygens (including phenoxy) is 2. The first kappa shape index (κ1) is 21.2. The molecule has 1 atom stereocenters. The number of rotatable bonds is 9. The first-order chi connectivity index (χ1) is 14.5. The third-order valence-electron chi connectivity index (χ3n) is 4.61. The number of carbonyl (C=O) groups excluding carboxylic acids is 3. The molecule has 158 valence electrons. The van der Waals surface area contributed by atoms with Crippen LogP contribution in [0, 0.1) is 0 Å². The summed E-state index contributed by atoms with van der Waals surface area (Å²) in [6.07, 6.45) is -0.500. The minimum atomic E-state index is -0.982. The first-order valence-electron chi connectivity index (χ1n) is 9.78. The van der Waals surface area contributed by atoms with Crippen molar-refractivity contribution in [2.75, 3.05) is 37.0 Å². The van der Waals surface area contributed by atoms with E-state index < -0.39 is 24.6 Å². The number of para-hydroxylation sites is 3. The fourth-order valence-electron chi connectivity index (χ4n) is 2.99. The topological polar surface area (TPSA) is 97.0 Å². The number of nitrogens with one attached hydrogen (secondary N) is 2. The molecule has 0 bridgehead atoms. The van der Waals surface area contributed by atoms with Crippen LogP contribution in [0.15, 0.2) is 54.6 Å². The Morgan fingerprint density at radius 1 is 1.13 bits per heavy atom. The zero-order valence-electron chi connectivity index (χ0n) is 16.8. The highest BCUT2D eigenvalue weighted by Gasteiger charge is 2.30. The fraction of sp³-hybridized carbons (Fsp3) is 0.318. The summed E-state index contributed by atoms with van der Waals surface area (Å²) in [5.74, 6) is -0.982. The maximum Gasteiger partial charge on any atom is 0.310 e. The molecule has 2 aromatic carbocycles. The van der Waals surface area contributed by atoms with E-state index in [0.717, 1.165) is 18.7 Å². The minimum Gasteiger partial charge on any atom is -0.478 e. The van der Waals surface area contributed by atoms with Gasteiger partial charge in [0.2, 0.25) is 0 Å². The molecule has 2 N–H and O–H groups in total. The number of carbonyl (C=O) groups is 3. The lowest BCUT2D eigenvalue weighted by Gasteiger charge is -2.25. The second-order valence-corrected chi connectivity index (χ2v) is 6.92. The summed E-state index contributed by atoms with van der Waals surface area (Å²) in [5, 5.41) is 5.40. The molecule has 0 saturated carbocycles. The fourth-order valence-corrected chi connectivity index (χ4v) is 2.99. The van der Waals surface area contributed by atoms with E-state index in [1.165, 1.54) is 0 Å². The molecule has 8 nitrogen and oxygen atoms in total. The van der Waals surface area contributed by atoms with Crippen LogP contribution in [0.4, 0.5) is 11.4 Å². The molecule has 30 heavy (non-hydrogen) atoms. The normalized spacial score (nSPS) is 14.7. The Morgan fingerprint density at radius 3 is 2.67 bits per heavy atom. The summed E-state index contributed by atoms with van der Waals surface area (Å²) in [5.41, 5.74) is 1.67. The molecule has 2 aromatic rings. The summed E-state index contributed by atoms with van der Waals surface area (Å²) < 4.78 is 10.5. The number of nitrogens with zero attached hydrogens (tertiary/aromatic N) is 1. The van der Waals surface area contributed by atoms with E-state index in [4.69, 9.17) is 9.47 Å². The van der Waals surface area contributed by atoms with Gasteiger partial charge in [-0.05, 0) is 30.7 Å². The van der Waals surface area contributed by atoms with Crippen LogP contribution in [0.2, 0.25) is 0 Å². The molecule has 0 unspecified atom stereocenters. The van der Waals surface area contributed by atoms with Gasteiger partial charge < -0.3 is 25.0 Å². The number of esters is 1. The van der Waals surface area contributed by atoms with Crippen molar-refractivity contribution < 1.29 is 23.9 Å². The summed E-state index contributed by atoms with van der Waals surface area (Å²) in [7, 11) is 1.99. The van der Waals surface area contributed by atoms with Crippen LogP contribution in [-0.4, -0.2) is 50.6 Å². The lowest BCUT2D eigenvalue weighted by atomic mass is 10.1. The van der Waals surface area contributed by atoms with Crippen molar-refractivity contribution in [2.45, 2.75) is 18.9 Å². The summed E-state index contributed by atoms with van der Waals surface area (Å²) >= 11 is 0. The van der Waals surface area contributed by atoms with Crippen molar-refractivity contribution in [2.24, 2.45) is 0 Å². The molecule has 0 spiro atoms. The van der Waals surface area contributed by atoms with Crippen molar-refractivity contribution in [1.82, 2.24) is 5.32 Å². The number of amides is 2. The quantitative estimate of drug-likeness (QED) is 0.484. The van der Waals surface area contributed by atoms with Gasteiger partial charge in [-0.1, -0.05) is 30.3 Å². The Labute approximate surface area is 175 Å². The van der Waals surface area contributed by atoms with Crippen molar-refractivity contribution in [1.29, 1.82) is 0 Å². The second-order valence-electron chi connectivity index (χ2n) is 6.92. The molecule has 0 aliphatic carbocycles. The van der Waals surface area contributed by atoms with Crippen LogP contribution < -0.4 is 20.3 Å². The van der Waals surface area contributed by atoms with Crippen molar-refractivity contribution in [3.05, 3.63) is 54.6 Å². The monoisotopic (exact) mass is 411 g/mol. The highest BCUT2D eigenvalue weighted by molar-refractivity contribution is 5.99. The van der Waals surface area contributed by atoms with Crippen molar-refractivity contribution in [3.8, 4) is 5.75 Å². The van der Waals surface area contributed by atoms with Gasteiger partial charge in [-0.2, -0.15) is 0 Å². The molecule has 1 heterocycles. The predicted molar refractivity (Wildman–Crippen MR) is 112 cm³/mol. The number of hydrogen-bond donors (Lipinski definition) is 2. The van der Waals surface area contributed by atoms with E-state index in [9.17, 15) is 14.4 Å². The predicted octanol–water partition coefficient (Wildman–Crippen LogP) is 1.96. The number of fused-ring (bicyclic) bond motifs is 1. The molecular weight excluding hydrogens is 386 g/mol. The van der Waals surface area contributed by atoms with Crippen LogP contribution >= 0.6 is 0 Å². The van der Waals surface area contributed by atoms with Crippen LogP contribution in [0.1, 0.15) is 12.8 Å². The minimum absolute atomic E-state index is 0.269. The van der Waals surface area contributed by atoms with Gasteiger partial charge >= 0.3 is 5.97 Å². The summed E-state index contributed by atoms with van der Waals surface area (Å²) in [6.45, 7) is 0.858. The Bertz CT molecular complexity index is 887. The molecule has 0 fully saturated rings. The van der Waals surface area contributed by atoms with Gasteiger partial charge in [0.25, 0.3) is 11.8 Å². The third kappa shape index (κ3) is 5.97. The van der Waals surface area contributed by atoms with Crippen LogP contribution in [0.5, 0.6) is 5.75 Å². The van der Waals surface area contributed by atoms with E-state index in [-0.39, 0.29) is 12.3 Å². The molecule has 1 aliphatic heterocycles. The average molecular weight is 411 g/mol. The average Bonchev–Trinajstić information content (AvgIpc) is 2.76. The summed E-state index contributed by atoms with van der Waals surface area (Å²) in [4.78, 5) is 38.0. The van der Waals surface area contributed by atoms with E-state index in [1.54, 1.807) is 24.3 Å². The molecule has 1 aliphatic rings. The van der Waals surface area contributed by atoms with Crippen LogP contribution in [0.3, 0.4) is 0 Å². The largest absolute Gasteiger partial charge is 0.478 e. The lowest BCUT2D eigenvalue weighted by molar-refractivity contribution is -0.151. The van der Waals surface area contributed by atoms with E-state index in [0.29, 0.717) is 18.0 Å². The number of hydrogen-bond acceptors (Lipinski definition) is 6. The Morgan fingerprint density at radius 2 is 1.87 bits per heavy atom. The molecule has 0 aromatic heterocycles. The van der Waals surface area contributed by atoms with Gasteiger partial charge in [0.05, 0.1) is 12.1 Å². The van der Waals surface area contributed by atoms with Gasteiger partial charge in [0.15, 0.2) is 12.7 Å². The second kappa shape index (κ2) is 10.3. The zero-order chi connectivity index (χ0) is 21.3. The van der Waals surface area contributed by atoms with Gasteiger partial charge in [0.1, 0.15) is 5.75 Å². The van der Waals surface area contributed by atoms with E-state index in [2.05, 4.69) is 15.5 Å². The van der Waals surface area contributed by atoms with Gasteiger partial charge in [-0.25, -0.2) is 0 Å². The molecular formula is C22H25N3O5. The number of benzene rings is 2. The number of anilines is 2. The maximum absolute atomic E-state index is 12.0. The van der Waals surface area contributed by atoms with E-state index in [1.807, 2.05) is 37.4 Å². The van der Waals surface area contributed by atoms with Crippen molar-refractivity contribution >= 4 is 29.2 Å². The highest BCUT2D eigenvalue weighted by atomic mass is 16.5. The molecule has 0 saturated heterocycles. The lowest BCUT2D eigenvalue weighted by Crippen LogP contribution is -2.39. The van der Waals surface area contributed by atoms with Gasteiger partial charge in [0, 0.05) is 25.8 Å². The zero-order valence-corrected chi connectivity index (χ0v) is 16.8. The Balaban J connectivity index is 1.32. The van der Waals surface area contributed by atoms with Crippen LogP contribution in [0.25, 0.3) is 0 Å². The summed E-state index contributed by atoms with van der Waals surface area (Å²) in [6, 6.07) is 16.9. The van der Waals surface area contributed by atoms with Gasteiger partial charge in [-0.15, -0.1) is 0 Å². The van der Waals surface area contributed by atoms with Gasteiger partial charge in [-0.3, -0.25) is 14.4 Å². The molecule has 8 heteroatoms. The SMILES string of the molecule is CN(CCCNC(=O)COC(=O)C[C@H]1Oc2ccccc2NC1=O)c1ccccc1. The molecule has 3 rings (SSSR count). The Kier molecular flexibility index (Phi) is 7.26. The third-order valence-corrected chi connectivity index (χ3v) is 4.61. The molecule has 0 radical (unpaired) electrons. The maximum atomic E-state index is 12.0. The molecule has 2 amide bonds. The Hall–Kier alpha value is -3.55. The highest BCUT2D eigenvalue weighted by Crippen LogP contribution is 2.29.